The molecular weight excluding hydrogens is 256 g/mol. The van der Waals surface area contributed by atoms with Crippen LogP contribution in [0.15, 0.2) is 61.2 Å². The molecule has 1 fully saturated rings. The van der Waals surface area contributed by atoms with Crippen LogP contribution in [0.25, 0.3) is 5.57 Å². The Labute approximate surface area is 127 Å². The average Bonchev–Trinajstić information content (AvgIpc) is 2.56. The van der Waals surface area contributed by atoms with Gasteiger partial charge in [0, 0.05) is 0 Å². The second-order valence-electron chi connectivity index (χ2n) is 5.98. The van der Waals surface area contributed by atoms with E-state index in [9.17, 15) is 5.11 Å². The summed E-state index contributed by atoms with van der Waals surface area (Å²) < 4.78 is 0. The molecule has 0 heterocycles. The monoisotopic (exact) mass is 278 g/mol. The predicted molar refractivity (Wildman–Crippen MR) is 88.0 cm³/mol. The first-order valence-corrected chi connectivity index (χ1v) is 7.77. The summed E-state index contributed by atoms with van der Waals surface area (Å²) >= 11 is 0. The highest BCUT2D eigenvalue weighted by Crippen LogP contribution is 2.40. The van der Waals surface area contributed by atoms with Gasteiger partial charge in [0.15, 0.2) is 0 Å². The van der Waals surface area contributed by atoms with Crippen molar-refractivity contribution in [3.05, 3.63) is 77.9 Å². The predicted octanol–water partition coefficient (Wildman–Crippen LogP) is 4.90. The Hall–Kier alpha value is -1.86. The van der Waals surface area contributed by atoms with E-state index in [0.717, 1.165) is 47.9 Å². The van der Waals surface area contributed by atoms with Gasteiger partial charge in [0.2, 0.25) is 0 Å². The summed E-state index contributed by atoms with van der Waals surface area (Å²) in [6, 6.07) is 18.4. The van der Waals surface area contributed by atoms with Gasteiger partial charge in [0.05, 0.1) is 5.60 Å². The van der Waals surface area contributed by atoms with Crippen molar-refractivity contribution in [1.82, 2.24) is 0 Å². The van der Waals surface area contributed by atoms with Crippen molar-refractivity contribution in [2.24, 2.45) is 0 Å². The zero-order valence-electron chi connectivity index (χ0n) is 12.4. The second kappa shape index (κ2) is 5.87. The largest absolute Gasteiger partial charge is 0.385 e. The Morgan fingerprint density at radius 3 is 2.19 bits per heavy atom. The topological polar surface area (TPSA) is 20.2 Å². The first-order valence-electron chi connectivity index (χ1n) is 7.77. The Balaban J connectivity index is 2.02. The third-order valence-corrected chi connectivity index (χ3v) is 4.56. The van der Waals surface area contributed by atoms with E-state index in [2.05, 4.69) is 30.8 Å². The van der Waals surface area contributed by atoms with Crippen molar-refractivity contribution in [2.75, 3.05) is 0 Å². The number of aliphatic hydroxyl groups is 1. The molecular formula is C20H22O. The van der Waals surface area contributed by atoms with Gasteiger partial charge in [0.1, 0.15) is 0 Å². The third kappa shape index (κ3) is 2.79. The molecule has 2 aromatic carbocycles. The van der Waals surface area contributed by atoms with E-state index in [1.807, 2.05) is 30.3 Å². The van der Waals surface area contributed by atoms with Crippen molar-refractivity contribution >= 4 is 5.57 Å². The molecule has 0 bridgehead atoms. The molecule has 3 rings (SSSR count). The van der Waals surface area contributed by atoms with E-state index in [0.29, 0.717) is 0 Å². The number of hydrogen-bond donors (Lipinski definition) is 1. The summed E-state index contributed by atoms with van der Waals surface area (Å²) in [7, 11) is 0. The quantitative estimate of drug-likeness (QED) is 0.846. The Bertz CT molecular complexity index is 621. The van der Waals surface area contributed by atoms with Gasteiger partial charge in [-0.2, -0.15) is 0 Å². The maximum atomic E-state index is 11.1. The lowest BCUT2D eigenvalue weighted by Gasteiger charge is -2.34. The number of rotatable bonds is 3. The second-order valence-corrected chi connectivity index (χ2v) is 5.98. The molecule has 1 aliphatic rings. The summed E-state index contributed by atoms with van der Waals surface area (Å²) in [5, 5.41) is 11.1. The fraction of sp³-hybridized carbons (Fsp3) is 0.300. The molecule has 1 N–H and O–H groups in total. The summed E-state index contributed by atoms with van der Waals surface area (Å²) in [6.45, 7) is 4.27. The van der Waals surface area contributed by atoms with Crippen LogP contribution in [0.1, 0.15) is 48.8 Å². The Morgan fingerprint density at radius 1 is 0.857 bits per heavy atom. The van der Waals surface area contributed by atoms with Crippen LogP contribution in [0, 0.1) is 0 Å². The summed E-state index contributed by atoms with van der Waals surface area (Å²) in [5.41, 5.74) is 3.54. The number of hydrogen-bond acceptors (Lipinski definition) is 1. The van der Waals surface area contributed by atoms with E-state index in [1.54, 1.807) is 0 Å². The fourth-order valence-electron chi connectivity index (χ4n) is 3.35. The van der Waals surface area contributed by atoms with E-state index < -0.39 is 5.60 Å². The molecule has 0 spiro atoms. The van der Waals surface area contributed by atoms with Gasteiger partial charge in [-0.05, 0) is 35.1 Å². The molecule has 1 aliphatic carbocycles. The molecule has 1 saturated carbocycles. The van der Waals surface area contributed by atoms with Gasteiger partial charge in [-0.15, -0.1) is 0 Å². The zero-order valence-corrected chi connectivity index (χ0v) is 12.4. The highest BCUT2D eigenvalue weighted by atomic mass is 16.3. The molecule has 1 nitrogen and oxygen atoms in total. The van der Waals surface area contributed by atoms with Crippen LogP contribution in [-0.4, -0.2) is 5.11 Å². The van der Waals surface area contributed by atoms with Gasteiger partial charge < -0.3 is 5.11 Å². The minimum atomic E-state index is -0.688. The van der Waals surface area contributed by atoms with Crippen LogP contribution in [0.2, 0.25) is 0 Å². The molecule has 0 saturated heterocycles. The van der Waals surface area contributed by atoms with Gasteiger partial charge in [-0.25, -0.2) is 0 Å². The van der Waals surface area contributed by atoms with E-state index in [4.69, 9.17) is 0 Å². The van der Waals surface area contributed by atoms with E-state index >= 15 is 0 Å². The van der Waals surface area contributed by atoms with Gasteiger partial charge in [-0.1, -0.05) is 80.4 Å². The molecule has 0 radical (unpaired) electrons. The molecule has 2 aromatic rings. The van der Waals surface area contributed by atoms with Crippen LogP contribution >= 0.6 is 0 Å². The summed E-state index contributed by atoms with van der Waals surface area (Å²) in [6.07, 6.45) is 5.13. The van der Waals surface area contributed by atoms with Gasteiger partial charge in [0.25, 0.3) is 0 Å². The fourth-order valence-corrected chi connectivity index (χ4v) is 3.35. The summed E-state index contributed by atoms with van der Waals surface area (Å²) in [4.78, 5) is 0. The third-order valence-electron chi connectivity index (χ3n) is 4.56. The van der Waals surface area contributed by atoms with Crippen molar-refractivity contribution in [1.29, 1.82) is 0 Å². The standard InChI is InChI=1S/C20H22O/c1-16(17-10-4-2-5-11-17)18-12-6-7-13-19(18)20(21)14-8-3-9-15-20/h2,4-7,10-13,21H,1,3,8-9,14-15H2. The van der Waals surface area contributed by atoms with Gasteiger partial charge >= 0.3 is 0 Å². The van der Waals surface area contributed by atoms with Crippen LogP contribution in [-0.2, 0) is 5.60 Å². The van der Waals surface area contributed by atoms with Crippen molar-refractivity contribution in [3.63, 3.8) is 0 Å². The molecule has 0 unspecified atom stereocenters. The van der Waals surface area contributed by atoms with Crippen LogP contribution in [0.3, 0.4) is 0 Å². The molecule has 0 amide bonds. The van der Waals surface area contributed by atoms with Crippen molar-refractivity contribution in [2.45, 2.75) is 37.7 Å². The molecule has 108 valence electrons. The Kier molecular flexibility index (Phi) is 3.94. The lowest BCUT2D eigenvalue weighted by molar-refractivity contribution is -0.000837. The minimum Gasteiger partial charge on any atom is -0.385 e. The average molecular weight is 278 g/mol. The molecule has 0 atom stereocenters. The highest BCUT2D eigenvalue weighted by molar-refractivity contribution is 5.80. The van der Waals surface area contributed by atoms with Crippen LogP contribution < -0.4 is 0 Å². The molecule has 1 heteroatoms. The molecule has 21 heavy (non-hydrogen) atoms. The first-order chi connectivity index (χ1) is 10.2. The zero-order chi connectivity index (χ0) is 14.7. The highest BCUT2D eigenvalue weighted by Gasteiger charge is 2.33. The Morgan fingerprint density at radius 2 is 1.48 bits per heavy atom. The smallest absolute Gasteiger partial charge is 0.0902 e. The molecule has 0 aliphatic heterocycles. The first kappa shape index (κ1) is 14.1. The normalized spacial score (nSPS) is 17.4. The van der Waals surface area contributed by atoms with Crippen molar-refractivity contribution in [3.8, 4) is 0 Å². The summed E-state index contributed by atoms with van der Waals surface area (Å²) in [5.74, 6) is 0. The maximum Gasteiger partial charge on any atom is 0.0902 e. The van der Waals surface area contributed by atoms with Gasteiger partial charge in [-0.3, -0.25) is 0 Å². The lowest BCUT2D eigenvalue weighted by Crippen LogP contribution is -2.29. The maximum absolute atomic E-state index is 11.1. The molecule has 0 aromatic heterocycles. The minimum absolute atomic E-state index is 0.688. The van der Waals surface area contributed by atoms with Crippen LogP contribution in [0.5, 0.6) is 0 Å². The lowest BCUT2D eigenvalue weighted by atomic mass is 9.76. The number of benzene rings is 2. The SMILES string of the molecule is C=C(c1ccccc1)c1ccccc1C1(O)CCCCC1. The van der Waals surface area contributed by atoms with E-state index in [-0.39, 0.29) is 0 Å². The van der Waals surface area contributed by atoms with E-state index in [1.165, 1.54) is 6.42 Å². The van der Waals surface area contributed by atoms with Crippen LogP contribution in [0.4, 0.5) is 0 Å². The van der Waals surface area contributed by atoms with Crippen molar-refractivity contribution < 1.29 is 5.11 Å².